The first-order valence-electron chi connectivity index (χ1n) is 10.7. The molecular weight excluding hydrogens is 406 g/mol. The maximum atomic E-state index is 5.41. The summed E-state index contributed by atoms with van der Waals surface area (Å²) in [6.07, 6.45) is 4.23. The summed E-state index contributed by atoms with van der Waals surface area (Å²) in [5.41, 5.74) is 3.54. The monoisotopic (exact) mass is 431 g/mol. The Labute approximate surface area is 185 Å². The molecule has 0 amide bonds. The van der Waals surface area contributed by atoms with Crippen LogP contribution in [0.3, 0.4) is 0 Å². The molecule has 164 valence electrons. The van der Waals surface area contributed by atoms with E-state index < -0.39 is 0 Å². The van der Waals surface area contributed by atoms with Gasteiger partial charge in [0, 0.05) is 31.4 Å². The minimum absolute atomic E-state index is 0.624. The molecule has 32 heavy (non-hydrogen) atoms. The zero-order valence-corrected chi connectivity index (χ0v) is 17.9. The van der Waals surface area contributed by atoms with Crippen molar-refractivity contribution in [1.29, 1.82) is 0 Å². The number of rotatable bonds is 7. The van der Waals surface area contributed by atoms with E-state index in [4.69, 9.17) is 9.47 Å². The molecule has 0 radical (unpaired) electrons. The number of aromatic amines is 1. The molecule has 0 atom stereocenters. The quantitative estimate of drug-likeness (QED) is 0.461. The fourth-order valence-corrected chi connectivity index (χ4v) is 3.72. The number of benzene rings is 1. The lowest BCUT2D eigenvalue weighted by Gasteiger charge is -2.27. The van der Waals surface area contributed by atoms with Crippen LogP contribution >= 0.6 is 0 Å². The van der Waals surface area contributed by atoms with Crippen molar-refractivity contribution in [3.05, 3.63) is 54.5 Å². The number of hydrogen-bond donors (Lipinski definition) is 2. The van der Waals surface area contributed by atoms with E-state index in [0.717, 1.165) is 73.6 Å². The van der Waals surface area contributed by atoms with E-state index in [1.807, 2.05) is 30.5 Å². The number of nitrogens with one attached hydrogen (secondary N) is 2. The second-order valence-electron chi connectivity index (χ2n) is 7.54. The normalized spacial score (nSPS) is 14.0. The van der Waals surface area contributed by atoms with Crippen LogP contribution in [0.4, 0.5) is 11.6 Å². The van der Waals surface area contributed by atoms with E-state index in [1.54, 1.807) is 7.11 Å². The average molecular weight is 432 g/mol. The van der Waals surface area contributed by atoms with E-state index in [0.29, 0.717) is 5.65 Å². The third-order valence-corrected chi connectivity index (χ3v) is 5.51. The molecule has 1 aliphatic heterocycles. The van der Waals surface area contributed by atoms with Gasteiger partial charge in [0.05, 0.1) is 20.3 Å². The Hall–Kier alpha value is -3.72. The maximum absolute atomic E-state index is 5.41. The van der Waals surface area contributed by atoms with E-state index in [1.165, 1.54) is 11.9 Å². The van der Waals surface area contributed by atoms with Gasteiger partial charge in [-0.25, -0.2) is 19.9 Å². The first kappa shape index (κ1) is 20.2. The molecule has 1 fully saturated rings. The number of imidazole rings is 1. The highest BCUT2D eigenvalue weighted by molar-refractivity contribution is 5.85. The minimum Gasteiger partial charge on any atom is -0.497 e. The Balaban J connectivity index is 1.29. The van der Waals surface area contributed by atoms with Crippen LogP contribution in [0.1, 0.15) is 5.56 Å². The molecule has 1 saturated heterocycles. The summed E-state index contributed by atoms with van der Waals surface area (Å²) in [5.74, 6) is 3.27. The van der Waals surface area contributed by atoms with Gasteiger partial charge in [-0.15, -0.1) is 0 Å². The molecule has 1 aromatic carbocycles. The Morgan fingerprint density at radius 1 is 1.06 bits per heavy atom. The summed E-state index contributed by atoms with van der Waals surface area (Å²) in [6.45, 7) is 3.93. The predicted octanol–water partition coefficient (Wildman–Crippen LogP) is 2.91. The molecule has 4 heterocycles. The average Bonchev–Trinajstić information content (AvgIpc) is 3.30. The third-order valence-electron chi connectivity index (χ3n) is 5.51. The predicted molar refractivity (Wildman–Crippen MR) is 123 cm³/mol. The molecule has 0 unspecified atom stereocenters. The van der Waals surface area contributed by atoms with Gasteiger partial charge in [0.1, 0.15) is 29.2 Å². The van der Waals surface area contributed by atoms with E-state index in [9.17, 15) is 0 Å². The number of pyridine rings is 1. The molecule has 2 N–H and O–H groups in total. The molecular formula is C23H25N7O2. The van der Waals surface area contributed by atoms with Crippen molar-refractivity contribution < 1.29 is 9.47 Å². The van der Waals surface area contributed by atoms with Crippen LogP contribution in [-0.4, -0.2) is 64.9 Å². The molecule has 0 bridgehead atoms. The third kappa shape index (κ3) is 4.33. The van der Waals surface area contributed by atoms with Gasteiger partial charge in [-0.3, -0.25) is 0 Å². The number of hydrogen-bond acceptors (Lipinski definition) is 8. The van der Waals surface area contributed by atoms with Gasteiger partial charge in [0.25, 0.3) is 0 Å². The van der Waals surface area contributed by atoms with Crippen molar-refractivity contribution in [2.45, 2.75) is 6.42 Å². The summed E-state index contributed by atoms with van der Waals surface area (Å²) < 4.78 is 10.6. The van der Waals surface area contributed by atoms with Crippen LogP contribution in [0.25, 0.3) is 22.6 Å². The number of ether oxygens (including phenoxy) is 2. The Morgan fingerprint density at radius 2 is 1.91 bits per heavy atom. The van der Waals surface area contributed by atoms with Crippen LogP contribution in [-0.2, 0) is 11.2 Å². The summed E-state index contributed by atoms with van der Waals surface area (Å²) in [4.78, 5) is 23.5. The first-order valence-corrected chi connectivity index (χ1v) is 10.7. The highest BCUT2D eigenvalue weighted by atomic mass is 16.5. The van der Waals surface area contributed by atoms with E-state index in [2.05, 4.69) is 47.3 Å². The number of morpholine rings is 1. The highest BCUT2D eigenvalue weighted by Gasteiger charge is 2.14. The van der Waals surface area contributed by atoms with Gasteiger partial charge < -0.3 is 24.7 Å². The van der Waals surface area contributed by atoms with Crippen molar-refractivity contribution in [2.24, 2.45) is 0 Å². The lowest BCUT2D eigenvalue weighted by molar-refractivity contribution is 0.122. The Bertz CT molecular complexity index is 1170. The molecule has 0 spiro atoms. The SMILES string of the molecule is COc1ccc(CCNc2ncnc3nc(-c4ccc(N5CCOCC5)nc4)[nH]c23)cc1. The highest BCUT2D eigenvalue weighted by Crippen LogP contribution is 2.24. The number of methoxy groups -OCH3 is 1. The van der Waals surface area contributed by atoms with Crippen LogP contribution < -0.4 is 15.0 Å². The molecule has 4 aromatic rings. The van der Waals surface area contributed by atoms with E-state index in [-0.39, 0.29) is 0 Å². The van der Waals surface area contributed by atoms with Gasteiger partial charge in [0.2, 0.25) is 0 Å². The van der Waals surface area contributed by atoms with Crippen LogP contribution in [0, 0.1) is 0 Å². The lowest BCUT2D eigenvalue weighted by atomic mass is 10.1. The molecule has 0 aliphatic carbocycles. The number of nitrogens with zero attached hydrogens (tertiary/aromatic N) is 5. The molecule has 1 aliphatic rings. The van der Waals surface area contributed by atoms with Gasteiger partial charge in [-0.2, -0.15) is 0 Å². The fourth-order valence-electron chi connectivity index (χ4n) is 3.72. The number of H-pyrrole nitrogens is 1. The number of anilines is 2. The maximum Gasteiger partial charge on any atom is 0.183 e. The largest absolute Gasteiger partial charge is 0.497 e. The van der Waals surface area contributed by atoms with Gasteiger partial charge in [-0.1, -0.05) is 12.1 Å². The van der Waals surface area contributed by atoms with Crippen molar-refractivity contribution in [3.8, 4) is 17.1 Å². The van der Waals surface area contributed by atoms with Gasteiger partial charge in [0.15, 0.2) is 11.5 Å². The molecule has 3 aromatic heterocycles. The lowest BCUT2D eigenvalue weighted by Crippen LogP contribution is -2.36. The van der Waals surface area contributed by atoms with Crippen LogP contribution in [0.2, 0.25) is 0 Å². The van der Waals surface area contributed by atoms with Crippen molar-refractivity contribution >= 4 is 22.8 Å². The Kier molecular flexibility index (Phi) is 5.80. The fraction of sp³-hybridized carbons (Fsp3) is 0.304. The zero-order chi connectivity index (χ0) is 21.8. The number of fused-ring (bicyclic) bond motifs is 1. The molecule has 0 saturated carbocycles. The smallest absolute Gasteiger partial charge is 0.183 e. The van der Waals surface area contributed by atoms with Gasteiger partial charge >= 0.3 is 0 Å². The molecule has 9 heteroatoms. The summed E-state index contributed by atoms with van der Waals surface area (Å²) in [7, 11) is 1.67. The summed E-state index contributed by atoms with van der Waals surface area (Å²) >= 11 is 0. The molecule has 5 rings (SSSR count). The second kappa shape index (κ2) is 9.19. The second-order valence-corrected chi connectivity index (χ2v) is 7.54. The van der Waals surface area contributed by atoms with Gasteiger partial charge in [-0.05, 0) is 36.2 Å². The van der Waals surface area contributed by atoms with Crippen molar-refractivity contribution in [1.82, 2.24) is 24.9 Å². The van der Waals surface area contributed by atoms with Crippen molar-refractivity contribution in [3.63, 3.8) is 0 Å². The van der Waals surface area contributed by atoms with E-state index >= 15 is 0 Å². The van der Waals surface area contributed by atoms with Crippen LogP contribution in [0.15, 0.2) is 48.9 Å². The topological polar surface area (TPSA) is 101 Å². The molecule has 9 nitrogen and oxygen atoms in total. The summed E-state index contributed by atoms with van der Waals surface area (Å²) in [6, 6.07) is 12.1. The Morgan fingerprint density at radius 3 is 2.66 bits per heavy atom. The van der Waals surface area contributed by atoms with Crippen molar-refractivity contribution in [2.75, 3.05) is 50.2 Å². The minimum atomic E-state index is 0.624. The summed E-state index contributed by atoms with van der Waals surface area (Å²) in [5, 5.41) is 3.39. The zero-order valence-electron chi connectivity index (χ0n) is 17.9. The number of aromatic nitrogens is 5. The van der Waals surface area contributed by atoms with Crippen LogP contribution in [0.5, 0.6) is 5.75 Å². The standard InChI is InChI=1S/C23H25N7O2/c1-31-18-5-2-16(3-6-18)8-9-24-22-20-23(27-15-26-22)29-21(28-20)17-4-7-19(25-14-17)30-10-12-32-13-11-30/h2-7,14-15H,8-13H2,1H3,(H2,24,26,27,28,29). The first-order chi connectivity index (χ1) is 15.8.